The molecule has 0 radical (unpaired) electrons. The molecule has 2 rings (SSSR count). The number of benzene rings is 1. The molecule has 0 amide bonds. The van der Waals surface area contributed by atoms with Crippen LogP contribution in [-0.4, -0.2) is 10.1 Å². The molecule has 0 aliphatic carbocycles. The van der Waals surface area contributed by atoms with Gasteiger partial charge in [0.15, 0.2) is 0 Å². The van der Waals surface area contributed by atoms with E-state index in [-0.39, 0.29) is 12.1 Å². The lowest BCUT2D eigenvalue weighted by Crippen LogP contribution is -1.98. The fourth-order valence-corrected chi connectivity index (χ4v) is 1.37. The van der Waals surface area contributed by atoms with Crippen molar-refractivity contribution < 1.29 is 9.50 Å². The highest BCUT2D eigenvalue weighted by Gasteiger charge is 2.07. The molecule has 0 saturated heterocycles. The predicted molar refractivity (Wildman–Crippen MR) is 52.0 cm³/mol. The summed E-state index contributed by atoms with van der Waals surface area (Å²) in [6, 6.07) is 4.57. The van der Waals surface area contributed by atoms with Crippen LogP contribution in [0.25, 0.3) is 10.9 Å². The fraction of sp³-hybridized carbons (Fsp3) is 0.100. The topological polar surface area (TPSA) is 59.1 Å². The van der Waals surface area contributed by atoms with Crippen molar-refractivity contribution in [2.75, 3.05) is 5.73 Å². The van der Waals surface area contributed by atoms with Crippen LogP contribution in [0, 0.1) is 5.82 Å². The van der Waals surface area contributed by atoms with Crippen LogP contribution in [0.15, 0.2) is 24.4 Å². The van der Waals surface area contributed by atoms with Gasteiger partial charge in [0.05, 0.1) is 6.61 Å². The zero-order valence-electron chi connectivity index (χ0n) is 7.37. The summed E-state index contributed by atoms with van der Waals surface area (Å²) < 4.78 is 13.2. The van der Waals surface area contributed by atoms with Crippen LogP contribution in [0.1, 0.15) is 5.56 Å². The van der Waals surface area contributed by atoms with Crippen LogP contribution in [0.3, 0.4) is 0 Å². The lowest BCUT2D eigenvalue weighted by molar-refractivity contribution is 0.282. The molecule has 3 N–H and O–H groups in total. The van der Waals surface area contributed by atoms with Gasteiger partial charge < -0.3 is 10.8 Å². The Kier molecular flexibility index (Phi) is 2.05. The maximum atomic E-state index is 13.2. The van der Waals surface area contributed by atoms with E-state index in [9.17, 15) is 4.39 Å². The normalized spacial score (nSPS) is 10.7. The molecule has 0 saturated carbocycles. The molecule has 0 bridgehead atoms. The Labute approximate surface area is 80.0 Å². The molecule has 0 aliphatic rings. The van der Waals surface area contributed by atoms with Crippen molar-refractivity contribution in [1.29, 1.82) is 0 Å². The van der Waals surface area contributed by atoms with Crippen molar-refractivity contribution in [3.63, 3.8) is 0 Å². The van der Waals surface area contributed by atoms with Gasteiger partial charge in [0.2, 0.25) is 0 Å². The molecule has 3 nitrogen and oxygen atoms in total. The standard InChI is InChI=1S/C10H9FN2O/c11-8-3-1-2-7-9(12)6(5-14)4-13-10(7)8/h1-4,14H,5H2,(H2,12,13). The van der Waals surface area contributed by atoms with Gasteiger partial charge in [-0.2, -0.15) is 0 Å². The van der Waals surface area contributed by atoms with Crippen molar-refractivity contribution in [3.05, 3.63) is 35.8 Å². The number of rotatable bonds is 1. The molecule has 2 aromatic rings. The average Bonchev–Trinajstić information content (AvgIpc) is 2.20. The average molecular weight is 192 g/mol. The minimum atomic E-state index is -0.404. The van der Waals surface area contributed by atoms with Crippen molar-refractivity contribution in [1.82, 2.24) is 4.98 Å². The van der Waals surface area contributed by atoms with Crippen molar-refractivity contribution in [2.45, 2.75) is 6.61 Å². The number of para-hydroxylation sites is 1. The number of aromatic nitrogens is 1. The molecular formula is C10H9FN2O. The molecule has 1 aromatic carbocycles. The third-order valence-corrected chi connectivity index (χ3v) is 2.14. The molecule has 0 spiro atoms. The summed E-state index contributed by atoms with van der Waals surface area (Å²) in [4.78, 5) is 3.90. The molecule has 4 heteroatoms. The first-order valence-electron chi connectivity index (χ1n) is 4.16. The zero-order valence-corrected chi connectivity index (χ0v) is 7.37. The van der Waals surface area contributed by atoms with Crippen LogP contribution in [0.2, 0.25) is 0 Å². The van der Waals surface area contributed by atoms with Crippen molar-refractivity contribution in [3.8, 4) is 0 Å². The Bertz CT molecular complexity index is 485. The molecule has 14 heavy (non-hydrogen) atoms. The number of hydrogen-bond acceptors (Lipinski definition) is 3. The zero-order chi connectivity index (χ0) is 10.1. The Balaban J connectivity index is 2.84. The summed E-state index contributed by atoms with van der Waals surface area (Å²) in [7, 11) is 0. The SMILES string of the molecule is Nc1c(CO)cnc2c(F)cccc12. The molecule has 72 valence electrons. The minimum Gasteiger partial charge on any atom is -0.398 e. The van der Waals surface area contributed by atoms with Crippen LogP contribution in [0.4, 0.5) is 10.1 Å². The lowest BCUT2D eigenvalue weighted by atomic mass is 10.1. The van der Waals surface area contributed by atoms with Gasteiger partial charge in [-0.15, -0.1) is 0 Å². The Hall–Kier alpha value is -1.68. The minimum absolute atomic E-state index is 0.189. The number of pyridine rings is 1. The summed E-state index contributed by atoms with van der Waals surface area (Å²) in [5.74, 6) is -0.404. The van der Waals surface area contributed by atoms with Gasteiger partial charge in [-0.05, 0) is 6.07 Å². The van der Waals surface area contributed by atoms with E-state index >= 15 is 0 Å². The van der Waals surface area contributed by atoms with Crippen molar-refractivity contribution in [2.24, 2.45) is 0 Å². The maximum Gasteiger partial charge on any atom is 0.149 e. The molecule has 0 aliphatic heterocycles. The number of nitrogens with two attached hydrogens (primary N) is 1. The van der Waals surface area contributed by atoms with Crippen molar-refractivity contribution >= 4 is 16.6 Å². The van der Waals surface area contributed by atoms with Gasteiger partial charge in [-0.1, -0.05) is 12.1 Å². The first kappa shape index (κ1) is 8.90. The summed E-state index contributed by atoms with van der Waals surface area (Å²) in [6.45, 7) is -0.189. The van der Waals surface area contributed by atoms with E-state index < -0.39 is 5.82 Å². The highest BCUT2D eigenvalue weighted by molar-refractivity contribution is 5.91. The number of aliphatic hydroxyl groups excluding tert-OH is 1. The van der Waals surface area contributed by atoms with Gasteiger partial charge in [0, 0.05) is 22.8 Å². The lowest BCUT2D eigenvalue weighted by Gasteiger charge is -2.06. The third kappa shape index (κ3) is 1.20. The Morgan fingerprint density at radius 3 is 2.93 bits per heavy atom. The molecule has 1 aromatic heterocycles. The Morgan fingerprint density at radius 1 is 1.43 bits per heavy atom. The molecule has 0 fully saturated rings. The molecule has 0 unspecified atom stereocenters. The number of halogens is 1. The highest BCUT2D eigenvalue weighted by atomic mass is 19.1. The van der Waals surface area contributed by atoms with Gasteiger partial charge >= 0.3 is 0 Å². The summed E-state index contributed by atoms with van der Waals surface area (Å²) >= 11 is 0. The first-order valence-corrected chi connectivity index (χ1v) is 4.16. The maximum absolute atomic E-state index is 13.2. The Morgan fingerprint density at radius 2 is 2.21 bits per heavy atom. The second kappa shape index (κ2) is 3.23. The number of nitrogens with zero attached hydrogens (tertiary/aromatic N) is 1. The van der Waals surface area contributed by atoms with E-state index in [1.54, 1.807) is 12.1 Å². The largest absolute Gasteiger partial charge is 0.398 e. The smallest absolute Gasteiger partial charge is 0.149 e. The molecule has 0 atom stereocenters. The number of anilines is 1. The monoisotopic (exact) mass is 192 g/mol. The van der Waals surface area contributed by atoms with E-state index in [0.29, 0.717) is 16.6 Å². The summed E-state index contributed by atoms with van der Waals surface area (Å²) in [5.41, 5.74) is 6.87. The second-order valence-corrected chi connectivity index (χ2v) is 2.99. The van der Waals surface area contributed by atoms with E-state index in [0.717, 1.165) is 0 Å². The molecule has 1 heterocycles. The van der Waals surface area contributed by atoms with Gasteiger partial charge in [0.1, 0.15) is 11.3 Å². The number of fused-ring (bicyclic) bond motifs is 1. The predicted octanol–water partition coefficient (Wildman–Crippen LogP) is 1.45. The fourth-order valence-electron chi connectivity index (χ4n) is 1.37. The summed E-state index contributed by atoms with van der Waals surface area (Å²) in [6.07, 6.45) is 1.39. The van der Waals surface area contributed by atoms with E-state index in [1.807, 2.05) is 0 Å². The quantitative estimate of drug-likeness (QED) is 0.718. The second-order valence-electron chi connectivity index (χ2n) is 2.99. The molecular weight excluding hydrogens is 183 g/mol. The van der Waals surface area contributed by atoms with Crippen LogP contribution in [-0.2, 0) is 6.61 Å². The van der Waals surface area contributed by atoms with Gasteiger partial charge in [-0.3, -0.25) is 4.98 Å². The number of aliphatic hydroxyl groups is 1. The highest BCUT2D eigenvalue weighted by Crippen LogP contribution is 2.24. The van der Waals surface area contributed by atoms with E-state index in [2.05, 4.69) is 4.98 Å². The van der Waals surface area contributed by atoms with E-state index in [1.165, 1.54) is 12.3 Å². The first-order chi connectivity index (χ1) is 6.74. The van der Waals surface area contributed by atoms with Crippen LogP contribution >= 0.6 is 0 Å². The third-order valence-electron chi connectivity index (χ3n) is 2.14. The van der Waals surface area contributed by atoms with Crippen LogP contribution < -0.4 is 5.73 Å². The van der Waals surface area contributed by atoms with Crippen LogP contribution in [0.5, 0.6) is 0 Å². The number of hydrogen-bond donors (Lipinski definition) is 2. The van der Waals surface area contributed by atoms with E-state index in [4.69, 9.17) is 10.8 Å². The number of nitrogen functional groups attached to an aromatic ring is 1. The van der Waals surface area contributed by atoms with Gasteiger partial charge in [0.25, 0.3) is 0 Å². The van der Waals surface area contributed by atoms with Gasteiger partial charge in [-0.25, -0.2) is 4.39 Å². The summed E-state index contributed by atoms with van der Waals surface area (Å²) in [5, 5.41) is 9.47.